The summed E-state index contributed by atoms with van der Waals surface area (Å²) in [6, 6.07) is 2.16. The highest BCUT2D eigenvalue weighted by atomic mass is 79.9. The number of benzene rings is 1. The van der Waals surface area contributed by atoms with Gasteiger partial charge in [-0.3, -0.25) is 4.79 Å². The molecule has 3 aromatic rings. The Balaban J connectivity index is 1.39. The van der Waals surface area contributed by atoms with E-state index in [0.29, 0.717) is 54.5 Å². The summed E-state index contributed by atoms with van der Waals surface area (Å²) in [5.74, 6) is 1.54. The minimum atomic E-state index is -0.960. The first-order valence-electron chi connectivity index (χ1n) is 10.8. The Morgan fingerprint density at radius 2 is 2.15 bits per heavy atom. The van der Waals surface area contributed by atoms with Gasteiger partial charge in [0, 0.05) is 29.2 Å². The van der Waals surface area contributed by atoms with Crippen LogP contribution in [0.1, 0.15) is 24.8 Å². The zero-order chi connectivity index (χ0) is 22.7. The number of nitrogens with zero attached hydrogens (tertiary/aromatic N) is 5. The summed E-state index contributed by atoms with van der Waals surface area (Å²) in [7, 11) is 0. The molecule has 3 aliphatic rings. The molecular weight excluding hydrogens is 492 g/mol. The number of amides is 1. The summed E-state index contributed by atoms with van der Waals surface area (Å²) in [5, 5.41) is 3.05. The molecule has 5 N–H and O–H groups in total. The molecule has 12 heteroatoms. The van der Waals surface area contributed by atoms with Gasteiger partial charge in [0.25, 0.3) is 0 Å². The summed E-state index contributed by atoms with van der Waals surface area (Å²) in [6.07, 6.45) is 5.70. The second-order valence-electron chi connectivity index (χ2n) is 8.80. The van der Waals surface area contributed by atoms with E-state index in [1.165, 1.54) is 6.33 Å². The van der Waals surface area contributed by atoms with Crippen molar-refractivity contribution in [1.82, 2.24) is 24.8 Å². The number of halogens is 1. The molecule has 33 heavy (non-hydrogen) atoms. The lowest BCUT2D eigenvalue weighted by molar-refractivity contribution is -0.125. The topological polar surface area (TPSA) is 146 Å². The highest BCUT2D eigenvalue weighted by Gasteiger charge is 2.44. The highest BCUT2D eigenvalue weighted by Crippen LogP contribution is 2.48. The largest absolute Gasteiger partial charge is 0.453 e. The average molecular weight is 515 g/mol. The number of carbonyl (C=O) groups is 1. The predicted molar refractivity (Wildman–Crippen MR) is 124 cm³/mol. The van der Waals surface area contributed by atoms with E-state index in [0.717, 1.165) is 28.6 Å². The quantitative estimate of drug-likeness (QED) is 0.455. The maximum Gasteiger partial charge on any atom is 0.242 e. The van der Waals surface area contributed by atoms with E-state index in [4.69, 9.17) is 20.9 Å². The molecule has 6 rings (SSSR count). The summed E-state index contributed by atoms with van der Waals surface area (Å²) in [5.41, 5.74) is 14.6. The molecule has 172 valence electrons. The molecule has 0 radical (unpaired) electrons. The molecule has 2 aliphatic heterocycles. The van der Waals surface area contributed by atoms with Gasteiger partial charge < -0.3 is 35.7 Å². The normalized spacial score (nSPS) is 21.7. The van der Waals surface area contributed by atoms with Crippen molar-refractivity contribution in [3.05, 3.63) is 28.8 Å². The van der Waals surface area contributed by atoms with Crippen LogP contribution >= 0.6 is 15.9 Å². The van der Waals surface area contributed by atoms with Crippen LogP contribution in [0.5, 0.6) is 11.5 Å². The summed E-state index contributed by atoms with van der Waals surface area (Å²) >= 11 is 3.71. The van der Waals surface area contributed by atoms with Crippen molar-refractivity contribution in [3.63, 3.8) is 0 Å². The molecule has 1 unspecified atom stereocenters. The van der Waals surface area contributed by atoms with Gasteiger partial charge in [-0.25, -0.2) is 15.0 Å². The first-order valence-corrected chi connectivity index (χ1v) is 11.6. The molecule has 0 bridgehead atoms. The molecule has 1 amide bonds. The summed E-state index contributed by atoms with van der Waals surface area (Å²) < 4.78 is 14.3. The number of nitrogens with one attached hydrogen (secondary N) is 1. The smallest absolute Gasteiger partial charge is 0.242 e. The van der Waals surface area contributed by atoms with Crippen molar-refractivity contribution < 1.29 is 14.3 Å². The van der Waals surface area contributed by atoms with E-state index in [1.807, 2.05) is 10.6 Å². The fourth-order valence-corrected chi connectivity index (χ4v) is 4.99. The first kappa shape index (κ1) is 20.5. The Morgan fingerprint density at radius 1 is 1.30 bits per heavy atom. The molecule has 1 aromatic carbocycles. The van der Waals surface area contributed by atoms with E-state index >= 15 is 0 Å². The van der Waals surface area contributed by atoms with Crippen LogP contribution in [0.25, 0.3) is 11.2 Å². The third-order valence-corrected chi connectivity index (χ3v) is 7.14. The number of aromatic nitrogens is 4. The highest BCUT2D eigenvalue weighted by molar-refractivity contribution is 9.10. The van der Waals surface area contributed by atoms with Gasteiger partial charge in [0.05, 0.1) is 18.6 Å². The average Bonchev–Trinajstić information content (AvgIpc) is 3.16. The zero-order valence-corrected chi connectivity index (χ0v) is 19.3. The fourth-order valence-electron chi connectivity index (χ4n) is 4.47. The molecule has 1 saturated heterocycles. The Bertz CT molecular complexity index is 1280. The summed E-state index contributed by atoms with van der Waals surface area (Å²) in [4.78, 5) is 27.7. The standard InChI is InChI=1S/C21H23BrN8O3/c22-13-5-14-17(33-10-32-14)16(29-4-3-21(24,7-29)20(31)28-11-1-2-11)12(13)6-30-9-27-15-18(23)25-8-26-19(15)30/h5,8-9,11H,1-4,6-7,10,24H2,(H,28,31)(H2,23,25,26). The van der Waals surface area contributed by atoms with Crippen LogP contribution < -0.4 is 31.2 Å². The van der Waals surface area contributed by atoms with Crippen LogP contribution in [0.4, 0.5) is 11.5 Å². The second kappa shape index (κ2) is 7.45. The first-order chi connectivity index (χ1) is 15.9. The van der Waals surface area contributed by atoms with Crippen molar-refractivity contribution in [2.24, 2.45) is 5.73 Å². The molecule has 11 nitrogen and oxygen atoms in total. The van der Waals surface area contributed by atoms with E-state index in [-0.39, 0.29) is 18.7 Å². The minimum absolute atomic E-state index is 0.0920. The van der Waals surface area contributed by atoms with E-state index in [9.17, 15) is 4.79 Å². The predicted octanol–water partition coefficient (Wildman–Crippen LogP) is 1.13. The van der Waals surface area contributed by atoms with Gasteiger partial charge in [0.1, 0.15) is 17.4 Å². The molecule has 2 fully saturated rings. The molecule has 1 saturated carbocycles. The number of hydrogen-bond donors (Lipinski definition) is 3. The number of ether oxygens (including phenoxy) is 2. The van der Waals surface area contributed by atoms with Crippen LogP contribution in [0, 0.1) is 0 Å². The van der Waals surface area contributed by atoms with Gasteiger partial charge in [-0.15, -0.1) is 0 Å². The number of anilines is 2. The van der Waals surface area contributed by atoms with Crippen molar-refractivity contribution in [3.8, 4) is 11.5 Å². The number of nitrogen functional groups attached to an aromatic ring is 1. The van der Waals surface area contributed by atoms with Crippen molar-refractivity contribution >= 4 is 44.5 Å². The Labute approximate surface area is 197 Å². The third kappa shape index (κ3) is 3.44. The van der Waals surface area contributed by atoms with Gasteiger partial charge >= 0.3 is 0 Å². The number of imidazole rings is 1. The van der Waals surface area contributed by atoms with Gasteiger partial charge in [-0.2, -0.15) is 0 Å². The maximum absolute atomic E-state index is 12.8. The van der Waals surface area contributed by atoms with Crippen LogP contribution in [0.3, 0.4) is 0 Å². The molecular formula is C21H23BrN8O3. The van der Waals surface area contributed by atoms with Crippen molar-refractivity contribution in [1.29, 1.82) is 0 Å². The fraction of sp³-hybridized carbons (Fsp3) is 0.429. The van der Waals surface area contributed by atoms with Gasteiger partial charge in [0.2, 0.25) is 12.7 Å². The lowest BCUT2D eigenvalue weighted by atomic mass is 9.99. The molecule has 4 heterocycles. The van der Waals surface area contributed by atoms with Crippen molar-refractivity contribution in [2.45, 2.75) is 37.4 Å². The number of fused-ring (bicyclic) bond motifs is 2. The van der Waals surface area contributed by atoms with Gasteiger partial charge in [-0.1, -0.05) is 15.9 Å². The number of nitrogens with two attached hydrogens (primary N) is 2. The Kier molecular flexibility index (Phi) is 4.63. The molecule has 1 atom stereocenters. The zero-order valence-electron chi connectivity index (χ0n) is 17.8. The van der Waals surface area contributed by atoms with Gasteiger partial charge in [0.15, 0.2) is 23.0 Å². The second-order valence-corrected chi connectivity index (χ2v) is 9.65. The van der Waals surface area contributed by atoms with Crippen LogP contribution in [-0.4, -0.2) is 56.9 Å². The number of carbonyl (C=O) groups excluding carboxylic acids is 1. The van der Waals surface area contributed by atoms with Crippen molar-refractivity contribution in [2.75, 3.05) is 30.5 Å². The van der Waals surface area contributed by atoms with E-state index in [1.54, 1.807) is 6.33 Å². The maximum atomic E-state index is 12.8. The molecule has 1 aliphatic carbocycles. The lowest BCUT2D eigenvalue weighted by Crippen LogP contribution is -2.56. The lowest BCUT2D eigenvalue weighted by Gasteiger charge is -2.27. The summed E-state index contributed by atoms with van der Waals surface area (Å²) in [6.45, 7) is 1.58. The number of rotatable bonds is 5. The van der Waals surface area contributed by atoms with E-state index in [2.05, 4.69) is 41.1 Å². The SMILES string of the molecule is Nc1ncnc2c1ncn2Cc1c(Br)cc2c(c1N1CCC(N)(C(=O)NC3CC3)C1)OCO2. The van der Waals surface area contributed by atoms with Gasteiger partial charge in [-0.05, 0) is 25.3 Å². The molecule has 0 spiro atoms. The monoisotopic (exact) mass is 514 g/mol. The Hall–Kier alpha value is -3.12. The third-order valence-electron chi connectivity index (χ3n) is 6.43. The van der Waals surface area contributed by atoms with E-state index < -0.39 is 5.54 Å². The van der Waals surface area contributed by atoms with Crippen LogP contribution in [0.15, 0.2) is 23.2 Å². The Morgan fingerprint density at radius 3 is 2.97 bits per heavy atom. The van der Waals surface area contributed by atoms with Crippen LogP contribution in [-0.2, 0) is 11.3 Å². The number of hydrogen-bond acceptors (Lipinski definition) is 9. The molecule has 2 aromatic heterocycles. The minimum Gasteiger partial charge on any atom is -0.453 e. The van der Waals surface area contributed by atoms with Crippen LogP contribution in [0.2, 0.25) is 0 Å².